The molecule has 6 heteroatoms. The highest BCUT2D eigenvalue weighted by atomic mass is 16.6. The monoisotopic (exact) mass is 386 g/mol. The first kappa shape index (κ1) is 18.8. The second-order valence-electron chi connectivity index (χ2n) is 6.75. The van der Waals surface area contributed by atoms with Crippen molar-refractivity contribution in [3.8, 4) is 17.5 Å². The largest absolute Gasteiger partial charge is 0.460 e. The molecule has 29 heavy (non-hydrogen) atoms. The SMILES string of the molecule is CCN(CC)c1ccc2c(c1)OC(O)C(c1nn(-c3ccccc3)cc1C#N)=C2. The number of aromatic nitrogens is 2. The Labute approximate surface area is 169 Å². The minimum atomic E-state index is -1.19. The molecule has 0 saturated heterocycles. The maximum absolute atomic E-state index is 10.7. The number of aliphatic hydroxyl groups is 1. The number of nitrogens with zero attached hydrogens (tertiary/aromatic N) is 4. The van der Waals surface area contributed by atoms with Crippen LogP contribution < -0.4 is 9.64 Å². The molecular weight excluding hydrogens is 364 g/mol. The third-order valence-corrected chi connectivity index (χ3v) is 5.07. The van der Waals surface area contributed by atoms with Gasteiger partial charge in [-0.2, -0.15) is 10.4 Å². The fourth-order valence-corrected chi connectivity index (χ4v) is 3.52. The van der Waals surface area contributed by atoms with Crippen molar-refractivity contribution in [3.63, 3.8) is 0 Å². The van der Waals surface area contributed by atoms with Crippen LogP contribution in [0, 0.1) is 11.3 Å². The van der Waals surface area contributed by atoms with Crippen molar-refractivity contribution >= 4 is 17.3 Å². The van der Waals surface area contributed by atoms with Crippen LogP contribution in [0.25, 0.3) is 17.3 Å². The average Bonchev–Trinajstić information content (AvgIpc) is 3.19. The summed E-state index contributed by atoms with van der Waals surface area (Å²) >= 11 is 0. The lowest BCUT2D eigenvalue weighted by atomic mass is 10.0. The van der Waals surface area contributed by atoms with Crippen molar-refractivity contribution in [1.29, 1.82) is 5.26 Å². The van der Waals surface area contributed by atoms with Crippen molar-refractivity contribution in [1.82, 2.24) is 9.78 Å². The first-order chi connectivity index (χ1) is 14.1. The number of hydrogen-bond donors (Lipinski definition) is 1. The normalized spacial score (nSPS) is 15.1. The van der Waals surface area contributed by atoms with Crippen molar-refractivity contribution in [2.75, 3.05) is 18.0 Å². The topological polar surface area (TPSA) is 74.3 Å². The summed E-state index contributed by atoms with van der Waals surface area (Å²) in [6.07, 6.45) is 2.31. The van der Waals surface area contributed by atoms with Crippen molar-refractivity contribution in [2.45, 2.75) is 20.1 Å². The molecule has 1 N–H and O–H groups in total. The zero-order valence-corrected chi connectivity index (χ0v) is 16.4. The Morgan fingerprint density at radius 1 is 1.17 bits per heavy atom. The van der Waals surface area contributed by atoms with Crippen LogP contribution in [0.3, 0.4) is 0 Å². The fourth-order valence-electron chi connectivity index (χ4n) is 3.52. The summed E-state index contributed by atoms with van der Waals surface area (Å²) in [7, 11) is 0. The molecule has 1 unspecified atom stereocenters. The lowest BCUT2D eigenvalue weighted by Crippen LogP contribution is -2.24. The number of hydrogen-bond acceptors (Lipinski definition) is 5. The quantitative estimate of drug-likeness (QED) is 0.721. The number of ether oxygens (including phenoxy) is 1. The Morgan fingerprint density at radius 3 is 2.62 bits per heavy atom. The van der Waals surface area contributed by atoms with Crippen LogP contribution in [0.15, 0.2) is 54.7 Å². The molecule has 0 saturated carbocycles. The number of para-hydroxylation sites is 1. The van der Waals surface area contributed by atoms with E-state index in [-0.39, 0.29) is 0 Å². The summed E-state index contributed by atoms with van der Waals surface area (Å²) in [5.74, 6) is 0.617. The van der Waals surface area contributed by atoms with Crippen LogP contribution in [0.4, 0.5) is 5.69 Å². The van der Waals surface area contributed by atoms with Crippen molar-refractivity contribution in [3.05, 3.63) is 71.5 Å². The van der Waals surface area contributed by atoms with E-state index in [0.717, 1.165) is 30.0 Å². The zero-order chi connectivity index (χ0) is 20.4. The summed E-state index contributed by atoms with van der Waals surface area (Å²) in [4.78, 5) is 2.21. The molecule has 6 nitrogen and oxygen atoms in total. The molecule has 1 aromatic heterocycles. The van der Waals surface area contributed by atoms with E-state index in [0.29, 0.717) is 22.6 Å². The summed E-state index contributed by atoms with van der Waals surface area (Å²) in [5, 5.41) is 24.8. The zero-order valence-electron chi connectivity index (χ0n) is 16.4. The van der Waals surface area contributed by atoms with Gasteiger partial charge in [0.2, 0.25) is 6.29 Å². The highest BCUT2D eigenvalue weighted by molar-refractivity contribution is 5.87. The van der Waals surface area contributed by atoms with E-state index >= 15 is 0 Å². The van der Waals surface area contributed by atoms with Gasteiger partial charge in [0, 0.05) is 42.2 Å². The maximum atomic E-state index is 10.7. The third kappa shape index (κ3) is 3.48. The van der Waals surface area contributed by atoms with Gasteiger partial charge in [0.1, 0.15) is 17.5 Å². The van der Waals surface area contributed by atoms with Crippen molar-refractivity contribution < 1.29 is 9.84 Å². The van der Waals surface area contributed by atoms with Gasteiger partial charge in [0.15, 0.2) is 0 Å². The smallest absolute Gasteiger partial charge is 0.226 e. The molecule has 146 valence electrons. The van der Waals surface area contributed by atoms with E-state index in [2.05, 4.69) is 29.9 Å². The molecule has 1 aliphatic rings. The van der Waals surface area contributed by atoms with Crippen LogP contribution in [0.5, 0.6) is 5.75 Å². The van der Waals surface area contributed by atoms with Gasteiger partial charge in [-0.1, -0.05) is 18.2 Å². The molecule has 2 aromatic carbocycles. The molecule has 0 aliphatic carbocycles. The molecule has 4 rings (SSSR count). The van der Waals surface area contributed by atoms with Gasteiger partial charge < -0.3 is 14.7 Å². The summed E-state index contributed by atoms with van der Waals surface area (Å²) in [5.41, 5.74) is 4.00. The highest BCUT2D eigenvalue weighted by Crippen LogP contribution is 2.36. The van der Waals surface area contributed by atoms with Gasteiger partial charge in [-0.15, -0.1) is 0 Å². The Kier molecular flexibility index (Phi) is 5.07. The van der Waals surface area contributed by atoms with Crippen LogP contribution in [-0.2, 0) is 0 Å². The first-order valence-corrected chi connectivity index (χ1v) is 9.65. The Bertz CT molecular complexity index is 1090. The Hall–Kier alpha value is -3.56. The molecular formula is C23H22N4O2. The summed E-state index contributed by atoms with van der Waals surface area (Å²) < 4.78 is 7.43. The molecule has 0 fully saturated rings. The molecule has 1 atom stereocenters. The van der Waals surface area contributed by atoms with Gasteiger partial charge in [-0.3, -0.25) is 0 Å². The van der Waals surface area contributed by atoms with Gasteiger partial charge in [-0.05, 0) is 44.2 Å². The number of nitriles is 1. The average molecular weight is 386 g/mol. The Morgan fingerprint density at radius 2 is 1.93 bits per heavy atom. The number of anilines is 1. The minimum Gasteiger partial charge on any atom is -0.460 e. The van der Waals surface area contributed by atoms with E-state index < -0.39 is 6.29 Å². The lowest BCUT2D eigenvalue weighted by Gasteiger charge is -2.26. The van der Waals surface area contributed by atoms with Crippen LogP contribution >= 0.6 is 0 Å². The predicted molar refractivity (Wildman–Crippen MR) is 113 cm³/mol. The van der Waals surface area contributed by atoms with E-state index in [1.807, 2.05) is 54.6 Å². The summed E-state index contributed by atoms with van der Waals surface area (Å²) in [6.45, 7) is 5.98. The van der Waals surface area contributed by atoms with Gasteiger partial charge in [0.25, 0.3) is 0 Å². The van der Waals surface area contributed by atoms with Crippen LogP contribution in [0.2, 0.25) is 0 Å². The van der Waals surface area contributed by atoms with E-state index in [1.54, 1.807) is 10.9 Å². The van der Waals surface area contributed by atoms with E-state index in [9.17, 15) is 10.4 Å². The van der Waals surface area contributed by atoms with E-state index in [1.165, 1.54) is 0 Å². The molecule has 0 spiro atoms. The number of aliphatic hydroxyl groups excluding tert-OH is 1. The minimum absolute atomic E-state index is 0.381. The highest BCUT2D eigenvalue weighted by Gasteiger charge is 2.27. The van der Waals surface area contributed by atoms with Gasteiger partial charge in [-0.25, -0.2) is 4.68 Å². The predicted octanol–water partition coefficient (Wildman–Crippen LogP) is 3.84. The first-order valence-electron chi connectivity index (χ1n) is 9.65. The second-order valence-corrected chi connectivity index (χ2v) is 6.75. The lowest BCUT2D eigenvalue weighted by molar-refractivity contribution is 0.0317. The Balaban J connectivity index is 1.75. The van der Waals surface area contributed by atoms with E-state index in [4.69, 9.17) is 4.74 Å². The number of benzene rings is 2. The van der Waals surface area contributed by atoms with Gasteiger partial charge in [0.05, 0.1) is 11.3 Å². The van der Waals surface area contributed by atoms with Crippen LogP contribution in [0.1, 0.15) is 30.7 Å². The molecule has 0 radical (unpaired) electrons. The molecule has 0 bridgehead atoms. The maximum Gasteiger partial charge on any atom is 0.226 e. The molecule has 1 aliphatic heterocycles. The molecule has 0 amide bonds. The second kappa shape index (κ2) is 7.82. The van der Waals surface area contributed by atoms with Crippen LogP contribution in [-0.4, -0.2) is 34.3 Å². The number of fused-ring (bicyclic) bond motifs is 1. The standard InChI is InChI=1S/C23H22N4O2/c1-3-26(4-2)19-11-10-16-12-20(23(28)29-21(16)13-19)22-17(14-24)15-27(25-22)18-8-6-5-7-9-18/h5-13,15,23,28H,3-4H2,1-2H3. The summed E-state index contributed by atoms with van der Waals surface area (Å²) in [6, 6.07) is 17.7. The fraction of sp³-hybridized carbons (Fsp3) is 0.217. The van der Waals surface area contributed by atoms with Gasteiger partial charge >= 0.3 is 0 Å². The van der Waals surface area contributed by atoms with Crippen molar-refractivity contribution in [2.24, 2.45) is 0 Å². The molecule has 2 heterocycles. The number of rotatable bonds is 5. The molecule has 3 aromatic rings. The third-order valence-electron chi connectivity index (χ3n) is 5.07.